The van der Waals surface area contributed by atoms with E-state index >= 15 is 0 Å². The fraction of sp³-hybridized carbons (Fsp3) is 0.565. The van der Waals surface area contributed by atoms with Crippen molar-refractivity contribution in [3.63, 3.8) is 0 Å². The molecule has 1 aromatic heterocycles. The van der Waals surface area contributed by atoms with Gasteiger partial charge < -0.3 is 25.0 Å². The van der Waals surface area contributed by atoms with Crippen LogP contribution < -0.4 is 5.69 Å². The van der Waals surface area contributed by atoms with Gasteiger partial charge in [-0.05, 0) is 37.5 Å². The van der Waals surface area contributed by atoms with Gasteiger partial charge in [-0.15, -0.1) is 0 Å². The number of H-pyrrole nitrogens is 2. The van der Waals surface area contributed by atoms with Crippen LogP contribution in [-0.2, 0) is 9.47 Å². The van der Waals surface area contributed by atoms with Crippen LogP contribution in [0.25, 0.3) is 6.08 Å². The van der Waals surface area contributed by atoms with E-state index in [1.807, 2.05) is 27.7 Å². The van der Waals surface area contributed by atoms with Gasteiger partial charge in [0.15, 0.2) is 5.90 Å². The molecule has 1 aliphatic heterocycles. The molecule has 0 amide bonds. The quantitative estimate of drug-likeness (QED) is 0.233. The molecule has 0 aliphatic carbocycles. The second-order valence-electron chi connectivity index (χ2n) is 8.19. The van der Waals surface area contributed by atoms with Gasteiger partial charge in [-0.2, -0.15) is 0 Å². The van der Waals surface area contributed by atoms with E-state index in [4.69, 9.17) is 20.3 Å². The number of rotatable bonds is 8. The van der Waals surface area contributed by atoms with Crippen molar-refractivity contribution in [2.45, 2.75) is 60.0 Å². The number of nitrogens with zero attached hydrogens (tertiary/aromatic N) is 1. The zero-order valence-corrected chi connectivity index (χ0v) is 19.5. The lowest BCUT2D eigenvalue weighted by Gasteiger charge is -2.26. The van der Waals surface area contributed by atoms with E-state index in [2.05, 4.69) is 21.9 Å². The normalized spacial score (nSPS) is 18.7. The third-order valence-electron chi connectivity index (χ3n) is 6.00. The number of allylic oxidation sites excluding steroid dienone is 2. The molecule has 2 heterocycles. The Bertz CT molecular complexity index is 963. The highest BCUT2D eigenvalue weighted by Gasteiger charge is 2.22. The third kappa shape index (κ3) is 6.53. The van der Waals surface area contributed by atoms with Crippen LogP contribution in [0.3, 0.4) is 0 Å². The van der Waals surface area contributed by atoms with E-state index in [1.165, 1.54) is 6.08 Å². The summed E-state index contributed by atoms with van der Waals surface area (Å²) in [5, 5.41) is 26.2. The molecule has 1 aliphatic rings. The molecule has 1 aromatic rings. The average Bonchev–Trinajstić information content (AvgIpc) is 3.11. The van der Waals surface area contributed by atoms with E-state index in [9.17, 15) is 9.90 Å². The molecule has 1 fully saturated rings. The van der Waals surface area contributed by atoms with Crippen LogP contribution in [0.1, 0.15) is 59.6 Å². The van der Waals surface area contributed by atoms with Crippen LogP contribution >= 0.6 is 0 Å². The molecule has 0 aromatic carbocycles. The maximum Gasteiger partial charge on any atom is 0.326 e. The Kier molecular flexibility index (Phi) is 9.19. The van der Waals surface area contributed by atoms with E-state index < -0.39 is 5.69 Å². The molecular formula is C23H35N5O4. The Labute approximate surface area is 188 Å². The fourth-order valence-electron chi connectivity index (χ4n) is 3.27. The number of ether oxygens (including phenoxy) is 2. The van der Waals surface area contributed by atoms with Crippen LogP contribution in [-0.4, -0.2) is 52.3 Å². The Balaban J connectivity index is 2.28. The molecule has 0 spiro atoms. The number of aromatic amines is 2. The highest BCUT2D eigenvalue weighted by atomic mass is 16.5. The van der Waals surface area contributed by atoms with Crippen molar-refractivity contribution in [1.82, 2.24) is 9.97 Å². The molecule has 0 bridgehead atoms. The first-order chi connectivity index (χ1) is 15.2. The lowest BCUT2D eigenvalue weighted by atomic mass is 9.92. The standard InChI is InChI=1S/C23H35N5O4/c1-6-13(2)22(32-18-7-9-31-10-8-18)27-20(25)16(5)14(3)15(4)17(12-24)11-19-21(29)28-23(30)26-19/h11-13,16,18,24-25,29H,6-10H2,1-5H3,(H2,26,28,30)/b15-14+,17-11-,24-12?,25-20?,27-22?. The van der Waals surface area contributed by atoms with E-state index in [1.54, 1.807) is 0 Å². The van der Waals surface area contributed by atoms with Crippen LogP contribution in [0.5, 0.6) is 5.88 Å². The number of nitrogens with one attached hydrogen (secondary N) is 4. The predicted octanol–water partition coefficient (Wildman–Crippen LogP) is 4.03. The largest absolute Gasteiger partial charge is 0.493 e. The number of amidine groups is 1. The second-order valence-corrected chi connectivity index (χ2v) is 8.19. The Morgan fingerprint density at radius 1 is 1.31 bits per heavy atom. The predicted molar refractivity (Wildman–Crippen MR) is 127 cm³/mol. The maximum atomic E-state index is 11.4. The molecule has 0 saturated carbocycles. The SMILES string of the molecule is CCC(C)C(=NC(=N)C(C)/C(C)=C(C)/C(C=N)=C\c1[nH]c(=O)[nH]c1O)OC1CCOCC1. The monoisotopic (exact) mass is 445 g/mol. The van der Waals surface area contributed by atoms with Crippen molar-refractivity contribution in [3.05, 3.63) is 32.9 Å². The molecule has 1 saturated heterocycles. The molecular weight excluding hydrogens is 410 g/mol. The minimum atomic E-state index is -0.525. The first-order valence-electron chi connectivity index (χ1n) is 11.0. The first kappa shape index (κ1) is 25.3. The molecule has 2 atom stereocenters. The first-order valence-corrected chi connectivity index (χ1v) is 11.0. The van der Waals surface area contributed by atoms with Crippen molar-refractivity contribution < 1.29 is 14.6 Å². The molecule has 176 valence electrons. The molecule has 2 unspecified atom stereocenters. The number of aromatic nitrogens is 2. The van der Waals surface area contributed by atoms with E-state index in [0.717, 1.165) is 36.6 Å². The summed E-state index contributed by atoms with van der Waals surface area (Å²) in [4.78, 5) is 20.7. The van der Waals surface area contributed by atoms with Gasteiger partial charge in [0.05, 0.1) is 13.2 Å². The molecule has 0 radical (unpaired) electrons. The highest BCUT2D eigenvalue weighted by Crippen LogP contribution is 2.24. The van der Waals surface area contributed by atoms with Gasteiger partial charge in [-0.25, -0.2) is 9.79 Å². The van der Waals surface area contributed by atoms with Crippen molar-refractivity contribution in [2.75, 3.05) is 13.2 Å². The van der Waals surface area contributed by atoms with E-state index in [-0.39, 0.29) is 35.3 Å². The van der Waals surface area contributed by atoms with Crippen LogP contribution in [0.2, 0.25) is 0 Å². The summed E-state index contributed by atoms with van der Waals surface area (Å²) in [7, 11) is 0. The average molecular weight is 446 g/mol. The van der Waals surface area contributed by atoms with Gasteiger partial charge in [0, 0.05) is 30.9 Å². The summed E-state index contributed by atoms with van der Waals surface area (Å²) >= 11 is 0. The van der Waals surface area contributed by atoms with Crippen molar-refractivity contribution >= 4 is 24.0 Å². The van der Waals surface area contributed by atoms with Crippen molar-refractivity contribution in [3.8, 4) is 5.88 Å². The number of aliphatic imine (C=N–C) groups is 1. The Morgan fingerprint density at radius 3 is 2.50 bits per heavy atom. The molecule has 32 heavy (non-hydrogen) atoms. The van der Waals surface area contributed by atoms with Gasteiger partial charge in [-0.1, -0.05) is 26.3 Å². The zero-order chi connectivity index (χ0) is 23.8. The molecule has 9 heteroatoms. The maximum absolute atomic E-state index is 11.4. The lowest BCUT2D eigenvalue weighted by molar-refractivity contribution is 0.0175. The van der Waals surface area contributed by atoms with Crippen molar-refractivity contribution in [1.29, 1.82) is 10.8 Å². The number of hydrogen-bond acceptors (Lipinski definition) is 6. The summed E-state index contributed by atoms with van der Waals surface area (Å²) in [6, 6.07) is 0. The summed E-state index contributed by atoms with van der Waals surface area (Å²) in [6.07, 6.45) is 5.23. The number of aromatic hydroxyl groups is 1. The summed E-state index contributed by atoms with van der Waals surface area (Å²) in [5.41, 5.74) is 1.82. The second kappa shape index (κ2) is 11.6. The Morgan fingerprint density at radius 2 is 1.97 bits per heavy atom. The van der Waals surface area contributed by atoms with Gasteiger partial charge in [0.2, 0.25) is 5.88 Å². The minimum absolute atomic E-state index is 0.0571. The molecule has 9 nitrogen and oxygen atoms in total. The fourth-order valence-corrected chi connectivity index (χ4v) is 3.27. The number of imidazole rings is 1. The van der Waals surface area contributed by atoms with E-state index in [0.29, 0.717) is 24.7 Å². The van der Waals surface area contributed by atoms with Crippen LogP contribution in [0, 0.1) is 22.7 Å². The smallest absolute Gasteiger partial charge is 0.326 e. The third-order valence-corrected chi connectivity index (χ3v) is 6.00. The summed E-state index contributed by atoms with van der Waals surface area (Å²) < 4.78 is 11.6. The number of hydrogen-bond donors (Lipinski definition) is 5. The topological polar surface area (TPSA) is 147 Å². The van der Waals surface area contributed by atoms with Gasteiger partial charge in [-0.3, -0.25) is 10.4 Å². The molecule has 5 N–H and O–H groups in total. The van der Waals surface area contributed by atoms with Gasteiger partial charge in [0.25, 0.3) is 0 Å². The zero-order valence-electron chi connectivity index (χ0n) is 19.5. The molecule has 2 rings (SSSR count). The summed E-state index contributed by atoms with van der Waals surface area (Å²) in [5.74, 6) is 0.273. The lowest BCUT2D eigenvalue weighted by Crippen LogP contribution is -2.29. The van der Waals surface area contributed by atoms with Gasteiger partial charge in [0.1, 0.15) is 17.6 Å². The van der Waals surface area contributed by atoms with Crippen molar-refractivity contribution in [2.24, 2.45) is 16.8 Å². The minimum Gasteiger partial charge on any atom is -0.493 e. The van der Waals surface area contributed by atoms with Gasteiger partial charge >= 0.3 is 5.69 Å². The van der Waals surface area contributed by atoms with Crippen LogP contribution in [0.15, 0.2) is 26.5 Å². The summed E-state index contributed by atoms with van der Waals surface area (Å²) in [6.45, 7) is 11.1. The van der Waals surface area contributed by atoms with Crippen LogP contribution in [0.4, 0.5) is 0 Å². The Hall–Kier alpha value is -2.94. The highest BCUT2D eigenvalue weighted by molar-refractivity contribution is 5.97.